The van der Waals surface area contributed by atoms with E-state index in [-0.39, 0.29) is 0 Å². The molecule has 0 aliphatic carbocycles. The summed E-state index contributed by atoms with van der Waals surface area (Å²) in [6.07, 6.45) is 0.792. The van der Waals surface area contributed by atoms with Crippen molar-refractivity contribution in [2.75, 3.05) is 5.43 Å². The first-order valence-corrected chi connectivity index (χ1v) is 7.27. The van der Waals surface area contributed by atoms with Gasteiger partial charge in [-0.05, 0) is 24.1 Å². The van der Waals surface area contributed by atoms with Crippen LogP contribution in [0.3, 0.4) is 0 Å². The molecule has 5 heteroatoms. The van der Waals surface area contributed by atoms with Gasteiger partial charge in [-0.3, -0.25) is 5.43 Å². The van der Waals surface area contributed by atoms with Crippen LogP contribution in [0.4, 0.5) is 5.69 Å². The van der Waals surface area contributed by atoms with Crippen LogP contribution in [0.2, 0.25) is 15.1 Å². The Kier molecular flexibility index (Phi) is 5.30. The molecule has 0 aliphatic rings. The Morgan fingerprint density at radius 2 is 1.65 bits per heavy atom. The predicted octanol–water partition coefficient (Wildman–Crippen LogP) is 5.87. The molecule has 0 aromatic heterocycles. The maximum Gasteiger partial charge on any atom is 0.0935 e. The SMILES string of the molecule is CC/C(=N\Nc1c(Cl)cc(Cl)cc1Cl)c1ccccc1. The van der Waals surface area contributed by atoms with Crippen molar-refractivity contribution in [2.45, 2.75) is 13.3 Å². The second kappa shape index (κ2) is 6.98. The lowest BCUT2D eigenvalue weighted by Crippen LogP contribution is -2.03. The summed E-state index contributed by atoms with van der Waals surface area (Å²) in [6.45, 7) is 2.04. The highest BCUT2D eigenvalue weighted by Crippen LogP contribution is 2.33. The fraction of sp³-hybridized carbons (Fsp3) is 0.133. The average molecular weight is 328 g/mol. The molecular weight excluding hydrogens is 315 g/mol. The minimum atomic E-state index is 0.440. The van der Waals surface area contributed by atoms with Gasteiger partial charge >= 0.3 is 0 Å². The molecule has 0 amide bonds. The molecule has 2 nitrogen and oxygen atoms in total. The zero-order valence-electron chi connectivity index (χ0n) is 10.8. The topological polar surface area (TPSA) is 24.4 Å². The number of rotatable bonds is 4. The Labute approximate surface area is 133 Å². The Morgan fingerprint density at radius 3 is 2.20 bits per heavy atom. The molecule has 1 N–H and O–H groups in total. The Bertz CT molecular complexity index is 601. The second-order valence-electron chi connectivity index (χ2n) is 4.13. The average Bonchev–Trinajstić information content (AvgIpc) is 2.43. The van der Waals surface area contributed by atoms with Gasteiger partial charge in [-0.1, -0.05) is 72.1 Å². The van der Waals surface area contributed by atoms with Crippen molar-refractivity contribution >= 4 is 46.2 Å². The molecule has 0 fully saturated rings. The summed E-state index contributed by atoms with van der Waals surface area (Å²) in [4.78, 5) is 0. The summed E-state index contributed by atoms with van der Waals surface area (Å²) in [7, 11) is 0. The van der Waals surface area contributed by atoms with E-state index in [1.807, 2.05) is 37.3 Å². The van der Waals surface area contributed by atoms with Gasteiger partial charge in [-0.2, -0.15) is 5.10 Å². The molecule has 0 atom stereocenters. The Morgan fingerprint density at radius 1 is 1.05 bits per heavy atom. The van der Waals surface area contributed by atoms with Crippen molar-refractivity contribution in [1.82, 2.24) is 0 Å². The summed E-state index contributed by atoms with van der Waals surface area (Å²) < 4.78 is 0. The van der Waals surface area contributed by atoms with Gasteiger partial charge in [0.15, 0.2) is 0 Å². The third kappa shape index (κ3) is 3.66. The van der Waals surface area contributed by atoms with Crippen LogP contribution in [0.1, 0.15) is 18.9 Å². The fourth-order valence-corrected chi connectivity index (χ4v) is 2.65. The van der Waals surface area contributed by atoms with Crippen LogP contribution in [-0.4, -0.2) is 5.71 Å². The van der Waals surface area contributed by atoms with Crippen molar-refractivity contribution in [3.63, 3.8) is 0 Å². The quantitative estimate of drug-likeness (QED) is 0.551. The molecular formula is C15H13Cl3N2. The van der Waals surface area contributed by atoms with Crippen molar-refractivity contribution in [2.24, 2.45) is 5.10 Å². The van der Waals surface area contributed by atoms with Gasteiger partial charge in [0.2, 0.25) is 0 Å². The summed E-state index contributed by atoms with van der Waals surface area (Å²) >= 11 is 18.1. The highest BCUT2D eigenvalue weighted by Gasteiger charge is 2.08. The third-order valence-electron chi connectivity index (χ3n) is 2.75. The Balaban J connectivity index is 2.28. The van der Waals surface area contributed by atoms with E-state index < -0.39 is 0 Å². The van der Waals surface area contributed by atoms with E-state index in [2.05, 4.69) is 10.5 Å². The lowest BCUT2D eigenvalue weighted by Gasteiger charge is -2.09. The van der Waals surface area contributed by atoms with Gasteiger partial charge in [0, 0.05) is 5.02 Å². The molecule has 0 aliphatic heterocycles. The van der Waals surface area contributed by atoms with E-state index in [4.69, 9.17) is 34.8 Å². The first-order valence-electron chi connectivity index (χ1n) is 6.14. The molecule has 0 spiro atoms. The fourth-order valence-electron chi connectivity index (χ4n) is 1.75. The summed E-state index contributed by atoms with van der Waals surface area (Å²) in [6, 6.07) is 13.2. The van der Waals surface area contributed by atoms with Gasteiger partial charge < -0.3 is 0 Å². The maximum absolute atomic E-state index is 6.11. The summed E-state index contributed by atoms with van der Waals surface area (Å²) in [5.41, 5.74) is 5.46. The van der Waals surface area contributed by atoms with Crippen molar-refractivity contribution in [3.05, 3.63) is 63.1 Å². The van der Waals surface area contributed by atoms with Crippen molar-refractivity contribution in [1.29, 1.82) is 0 Å². The van der Waals surface area contributed by atoms with E-state index in [1.165, 1.54) is 0 Å². The monoisotopic (exact) mass is 326 g/mol. The molecule has 0 radical (unpaired) electrons. The molecule has 2 aromatic carbocycles. The van der Waals surface area contributed by atoms with Gasteiger partial charge in [0.25, 0.3) is 0 Å². The molecule has 104 valence electrons. The number of nitrogens with zero attached hydrogens (tertiary/aromatic N) is 1. The minimum Gasteiger partial charge on any atom is -0.275 e. The van der Waals surface area contributed by atoms with E-state index in [9.17, 15) is 0 Å². The number of hydrogen-bond donors (Lipinski definition) is 1. The molecule has 20 heavy (non-hydrogen) atoms. The Hall–Kier alpha value is -1.22. The maximum atomic E-state index is 6.11. The number of halogens is 3. The van der Waals surface area contributed by atoms with Crippen molar-refractivity contribution in [3.8, 4) is 0 Å². The number of hydrazone groups is 1. The van der Waals surface area contributed by atoms with Gasteiger partial charge in [0.05, 0.1) is 21.4 Å². The third-order valence-corrected chi connectivity index (χ3v) is 3.57. The van der Waals surface area contributed by atoms with E-state index in [1.54, 1.807) is 12.1 Å². The van der Waals surface area contributed by atoms with Crippen LogP contribution < -0.4 is 5.43 Å². The lowest BCUT2D eigenvalue weighted by atomic mass is 10.1. The molecule has 0 saturated carbocycles. The van der Waals surface area contributed by atoms with Crippen LogP contribution in [0.25, 0.3) is 0 Å². The van der Waals surface area contributed by atoms with Crippen LogP contribution in [0.15, 0.2) is 47.6 Å². The number of hydrogen-bond acceptors (Lipinski definition) is 2. The number of benzene rings is 2. The predicted molar refractivity (Wildman–Crippen MR) is 88.4 cm³/mol. The van der Waals surface area contributed by atoms with E-state index >= 15 is 0 Å². The van der Waals surface area contributed by atoms with Crippen LogP contribution in [-0.2, 0) is 0 Å². The van der Waals surface area contributed by atoms with Gasteiger partial charge in [0.1, 0.15) is 0 Å². The first kappa shape index (κ1) is 15.2. The molecule has 2 rings (SSSR count). The van der Waals surface area contributed by atoms with Crippen LogP contribution in [0, 0.1) is 0 Å². The smallest absolute Gasteiger partial charge is 0.0935 e. The van der Waals surface area contributed by atoms with E-state index in [0.29, 0.717) is 20.8 Å². The first-order chi connectivity index (χ1) is 9.61. The molecule has 0 heterocycles. The van der Waals surface area contributed by atoms with Crippen LogP contribution in [0.5, 0.6) is 0 Å². The highest BCUT2D eigenvalue weighted by atomic mass is 35.5. The lowest BCUT2D eigenvalue weighted by molar-refractivity contribution is 1.22. The summed E-state index contributed by atoms with van der Waals surface area (Å²) in [5.74, 6) is 0. The zero-order valence-corrected chi connectivity index (χ0v) is 13.1. The van der Waals surface area contributed by atoms with Crippen LogP contribution >= 0.6 is 34.8 Å². The highest BCUT2D eigenvalue weighted by molar-refractivity contribution is 6.41. The molecule has 0 unspecified atom stereocenters. The van der Waals surface area contributed by atoms with Crippen molar-refractivity contribution < 1.29 is 0 Å². The molecule has 0 saturated heterocycles. The standard InChI is InChI=1S/C15H13Cl3N2/c1-2-14(10-6-4-3-5-7-10)19-20-15-12(17)8-11(16)9-13(15)18/h3-9,20H,2H2,1H3/b19-14+. The second-order valence-corrected chi connectivity index (χ2v) is 5.39. The normalized spacial score (nSPS) is 11.5. The van der Waals surface area contributed by atoms with E-state index in [0.717, 1.165) is 17.7 Å². The zero-order chi connectivity index (χ0) is 14.5. The van der Waals surface area contributed by atoms with Gasteiger partial charge in [-0.15, -0.1) is 0 Å². The number of nitrogens with one attached hydrogen (secondary N) is 1. The molecule has 2 aromatic rings. The molecule has 0 bridgehead atoms. The number of anilines is 1. The largest absolute Gasteiger partial charge is 0.275 e. The van der Waals surface area contributed by atoms with Gasteiger partial charge in [-0.25, -0.2) is 0 Å². The minimum absolute atomic E-state index is 0.440. The summed E-state index contributed by atoms with van der Waals surface area (Å²) in [5, 5.41) is 5.76.